The largest absolute Gasteiger partial charge is 0.449 e. The predicted molar refractivity (Wildman–Crippen MR) is 41.2 cm³/mol. The highest BCUT2D eigenvalue weighted by Gasteiger charge is 2.19. The number of hydrogen-bond acceptors (Lipinski definition) is 3. The maximum Gasteiger partial charge on any atom is 0.404 e. The molecular formula is C7H15NO3. The van der Waals surface area contributed by atoms with Crippen molar-refractivity contribution in [2.45, 2.75) is 13.8 Å². The van der Waals surface area contributed by atoms with Crippen molar-refractivity contribution in [1.82, 2.24) is 0 Å². The minimum Gasteiger partial charge on any atom is -0.449 e. The van der Waals surface area contributed by atoms with E-state index >= 15 is 0 Å². The summed E-state index contributed by atoms with van der Waals surface area (Å²) in [6.07, 6.45) is -0.742. The van der Waals surface area contributed by atoms with E-state index in [4.69, 9.17) is 10.5 Å². The Morgan fingerprint density at radius 3 is 2.36 bits per heavy atom. The zero-order valence-electron chi connectivity index (χ0n) is 7.22. The topological polar surface area (TPSA) is 61.6 Å². The summed E-state index contributed by atoms with van der Waals surface area (Å²) in [5, 5.41) is 0. The molecular weight excluding hydrogens is 146 g/mol. The number of methoxy groups -OCH3 is 1. The molecule has 0 aromatic heterocycles. The fourth-order valence-corrected chi connectivity index (χ4v) is 0.699. The molecule has 0 rings (SSSR count). The monoisotopic (exact) mass is 161 g/mol. The smallest absolute Gasteiger partial charge is 0.404 e. The molecule has 0 atom stereocenters. The molecule has 4 nitrogen and oxygen atoms in total. The Hall–Kier alpha value is -0.770. The molecule has 1 amide bonds. The van der Waals surface area contributed by atoms with Gasteiger partial charge in [-0.1, -0.05) is 13.8 Å². The number of primary amides is 1. The number of rotatable bonds is 4. The minimum absolute atomic E-state index is 0.163. The second kappa shape index (κ2) is 4.18. The number of ether oxygens (including phenoxy) is 2. The third-order valence-electron chi connectivity index (χ3n) is 1.14. The highest BCUT2D eigenvalue weighted by atomic mass is 16.5. The first-order valence-electron chi connectivity index (χ1n) is 3.39. The lowest BCUT2D eigenvalue weighted by Crippen LogP contribution is -2.28. The van der Waals surface area contributed by atoms with Gasteiger partial charge in [-0.05, 0) is 0 Å². The van der Waals surface area contributed by atoms with Crippen LogP contribution in [0, 0.1) is 5.41 Å². The van der Waals surface area contributed by atoms with E-state index in [0.29, 0.717) is 6.61 Å². The quantitative estimate of drug-likeness (QED) is 0.662. The molecule has 2 N–H and O–H groups in total. The first kappa shape index (κ1) is 10.2. The van der Waals surface area contributed by atoms with Gasteiger partial charge in [-0.2, -0.15) is 0 Å². The summed E-state index contributed by atoms with van der Waals surface area (Å²) in [6, 6.07) is 0. The standard InChI is InChI=1S/C7H15NO3/c1-7(2,4-10-3)5-11-6(8)9/h4-5H2,1-3H3,(H2,8,9). The summed E-state index contributed by atoms with van der Waals surface area (Å²) < 4.78 is 9.52. The first-order chi connectivity index (χ1) is 4.98. The second-order valence-electron chi connectivity index (χ2n) is 3.20. The molecule has 0 aromatic rings. The van der Waals surface area contributed by atoms with E-state index in [1.807, 2.05) is 13.8 Å². The number of carbonyl (C=O) groups excluding carboxylic acids is 1. The van der Waals surface area contributed by atoms with Crippen molar-refractivity contribution in [2.75, 3.05) is 20.3 Å². The van der Waals surface area contributed by atoms with E-state index in [2.05, 4.69) is 4.74 Å². The van der Waals surface area contributed by atoms with Crippen LogP contribution in [-0.4, -0.2) is 26.4 Å². The van der Waals surface area contributed by atoms with Crippen molar-refractivity contribution in [1.29, 1.82) is 0 Å². The van der Waals surface area contributed by atoms with E-state index < -0.39 is 6.09 Å². The Morgan fingerprint density at radius 2 is 2.00 bits per heavy atom. The molecule has 4 heteroatoms. The molecule has 0 aliphatic rings. The number of nitrogens with two attached hydrogens (primary N) is 1. The zero-order chi connectivity index (χ0) is 8.91. The van der Waals surface area contributed by atoms with E-state index in [1.54, 1.807) is 7.11 Å². The third kappa shape index (κ3) is 5.66. The lowest BCUT2D eigenvalue weighted by atomic mass is 9.96. The SMILES string of the molecule is COCC(C)(C)COC(N)=O. The molecule has 0 aliphatic heterocycles. The van der Waals surface area contributed by atoms with Crippen LogP contribution in [0.3, 0.4) is 0 Å². The van der Waals surface area contributed by atoms with E-state index in [0.717, 1.165) is 0 Å². The Morgan fingerprint density at radius 1 is 1.45 bits per heavy atom. The third-order valence-corrected chi connectivity index (χ3v) is 1.14. The van der Waals surface area contributed by atoms with Gasteiger partial charge in [0, 0.05) is 12.5 Å². The summed E-state index contributed by atoms with van der Waals surface area (Å²) in [5.41, 5.74) is 4.63. The molecule has 0 saturated heterocycles. The summed E-state index contributed by atoms with van der Waals surface area (Å²) in [7, 11) is 1.60. The van der Waals surface area contributed by atoms with Crippen molar-refractivity contribution < 1.29 is 14.3 Å². The maximum atomic E-state index is 10.2. The van der Waals surface area contributed by atoms with Crippen LogP contribution in [0.15, 0.2) is 0 Å². The molecule has 0 unspecified atom stereocenters. The van der Waals surface area contributed by atoms with Crippen LogP contribution in [0.5, 0.6) is 0 Å². The highest BCUT2D eigenvalue weighted by Crippen LogP contribution is 2.14. The van der Waals surface area contributed by atoms with Crippen LogP contribution in [-0.2, 0) is 9.47 Å². The number of hydrogen-bond donors (Lipinski definition) is 1. The fourth-order valence-electron chi connectivity index (χ4n) is 0.699. The first-order valence-corrected chi connectivity index (χ1v) is 3.39. The predicted octanol–water partition coefficient (Wildman–Crippen LogP) is 0.754. The van der Waals surface area contributed by atoms with Crippen molar-refractivity contribution in [3.63, 3.8) is 0 Å². The van der Waals surface area contributed by atoms with Crippen molar-refractivity contribution in [3.05, 3.63) is 0 Å². The lowest BCUT2D eigenvalue weighted by molar-refractivity contribution is 0.0437. The zero-order valence-corrected chi connectivity index (χ0v) is 7.22. The molecule has 0 aliphatic carbocycles. The molecule has 0 heterocycles. The summed E-state index contributed by atoms with van der Waals surface area (Å²) in [5.74, 6) is 0. The van der Waals surface area contributed by atoms with Crippen LogP contribution in [0.25, 0.3) is 0 Å². The summed E-state index contributed by atoms with van der Waals surface area (Å²) >= 11 is 0. The second-order valence-corrected chi connectivity index (χ2v) is 3.20. The lowest BCUT2D eigenvalue weighted by Gasteiger charge is -2.21. The van der Waals surface area contributed by atoms with Gasteiger partial charge in [-0.25, -0.2) is 4.79 Å². The number of amides is 1. The Balaban J connectivity index is 3.63. The summed E-state index contributed by atoms with van der Waals surface area (Å²) in [6.45, 7) is 4.69. The van der Waals surface area contributed by atoms with Gasteiger partial charge in [-0.3, -0.25) is 0 Å². The van der Waals surface area contributed by atoms with Gasteiger partial charge in [0.05, 0.1) is 6.61 Å². The van der Waals surface area contributed by atoms with Crippen LogP contribution in [0.2, 0.25) is 0 Å². The van der Waals surface area contributed by atoms with Crippen LogP contribution in [0.4, 0.5) is 4.79 Å². The Kier molecular flexibility index (Phi) is 3.89. The molecule has 0 saturated carbocycles. The van der Waals surface area contributed by atoms with Gasteiger partial charge in [0.25, 0.3) is 0 Å². The fraction of sp³-hybridized carbons (Fsp3) is 0.857. The van der Waals surface area contributed by atoms with E-state index in [9.17, 15) is 4.79 Å². The Labute approximate surface area is 66.7 Å². The molecule has 66 valence electrons. The molecule has 0 radical (unpaired) electrons. The van der Waals surface area contributed by atoms with Crippen LogP contribution >= 0.6 is 0 Å². The normalized spacial score (nSPS) is 11.2. The summed E-state index contributed by atoms with van der Waals surface area (Å²) in [4.78, 5) is 10.2. The van der Waals surface area contributed by atoms with Gasteiger partial charge < -0.3 is 15.2 Å². The maximum absolute atomic E-state index is 10.2. The molecule has 0 spiro atoms. The average Bonchev–Trinajstić information content (AvgIpc) is 1.84. The van der Waals surface area contributed by atoms with Gasteiger partial charge >= 0.3 is 6.09 Å². The van der Waals surface area contributed by atoms with Crippen LogP contribution < -0.4 is 5.73 Å². The molecule has 0 aromatic carbocycles. The van der Waals surface area contributed by atoms with Crippen LogP contribution in [0.1, 0.15) is 13.8 Å². The van der Waals surface area contributed by atoms with Gasteiger partial charge in [0.15, 0.2) is 0 Å². The van der Waals surface area contributed by atoms with Crippen molar-refractivity contribution >= 4 is 6.09 Å². The minimum atomic E-state index is -0.742. The van der Waals surface area contributed by atoms with Gasteiger partial charge in [0.1, 0.15) is 6.61 Å². The molecule has 0 bridgehead atoms. The van der Waals surface area contributed by atoms with Crippen molar-refractivity contribution in [3.8, 4) is 0 Å². The van der Waals surface area contributed by atoms with Gasteiger partial charge in [-0.15, -0.1) is 0 Å². The number of carbonyl (C=O) groups is 1. The Bertz CT molecular complexity index is 134. The van der Waals surface area contributed by atoms with E-state index in [-0.39, 0.29) is 12.0 Å². The molecule has 11 heavy (non-hydrogen) atoms. The van der Waals surface area contributed by atoms with E-state index in [1.165, 1.54) is 0 Å². The highest BCUT2D eigenvalue weighted by molar-refractivity contribution is 5.64. The van der Waals surface area contributed by atoms with Gasteiger partial charge in [0.2, 0.25) is 0 Å². The average molecular weight is 161 g/mol. The molecule has 0 fully saturated rings. The van der Waals surface area contributed by atoms with Crippen molar-refractivity contribution in [2.24, 2.45) is 11.1 Å².